The summed E-state index contributed by atoms with van der Waals surface area (Å²) in [5, 5.41) is 88.5. The fourth-order valence-electron chi connectivity index (χ4n) is 1.97. The van der Waals surface area contributed by atoms with E-state index in [4.69, 9.17) is 50.8 Å². The van der Waals surface area contributed by atoms with Crippen molar-refractivity contribution in [2.24, 2.45) is 0 Å². The van der Waals surface area contributed by atoms with E-state index in [0.717, 1.165) is 9.80 Å². The van der Waals surface area contributed by atoms with Crippen LogP contribution in [0.5, 0.6) is 0 Å². The fourth-order valence-corrected chi connectivity index (χ4v) is 1.97. The van der Waals surface area contributed by atoms with Crippen LogP contribution in [0.2, 0.25) is 0 Å². The molecule has 0 radical (unpaired) electrons. The highest BCUT2D eigenvalue weighted by atomic mass is 16.5. The number of carboxylic acid groups (broad SMARTS) is 4. The molecule has 200 valence electrons. The minimum Gasteiger partial charge on any atom is -0.480 e. The van der Waals surface area contributed by atoms with Crippen LogP contribution in [-0.2, 0) is 19.2 Å². The number of carboxylic acids is 4. The number of nitrogens with zero attached hydrogens (tertiary/aromatic N) is 2. The predicted octanol–water partition coefficient (Wildman–Crippen LogP) is -7.23. The predicted molar refractivity (Wildman–Crippen MR) is 110 cm³/mol. The summed E-state index contributed by atoms with van der Waals surface area (Å²) in [6, 6.07) is 0. The molecule has 0 rings (SSSR count). The van der Waals surface area contributed by atoms with E-state index in [0.29, 0.717) is 0 Å². The second-order valence-electron chi connectivity index (χ2n) is 5.86. The van der Waals surface area contributed by atoms with Crippen LogP contribution in [0.3, 0.4) is 0 Å². The van der Waals surface area contributed by atoms with Crippen LogP contribution >= 0.6 is 0 Å². The van der Waals surface area contributed by atoms with Gasteiger partial charge in [-0.15, -0.1) is 0 Å². The number of hydrogen-bond acceptors (Lipinski definition) is 15. The first-order valence-electron chi connectivity index (χ1n) is 9.17. The first-order chi connectivity index (χ1) is 15.8. The Labute approximate surface area is 193 Å². The lowest BCUT2D eigenvalue weighted by Gasteiger charge is -2.23. The number of hydrogen-bond donors (Lipinski definition) is 13. The zero-order valence-corrected chi connectivity index (χ0v) is 18.0. The lowest BCUT2D eigenvalue weighted by Crippen LogP contribution is -2.53. The molecule has 0 aliphatic rings. The molecule has 0 spiro atoms. The van der Waals surface area contributed by atoms with Crippen LogP contribution < -0.4 is 16.0 Å². The third kappa shape index (κ3) is 31.7. The topological polar surface area (TPSA) is 313 Å². The number of aliphatic hydroxyl groups is 3. The molecular weight excluding hydrogens is 473 g/mol. The number of carbonyl (C=O) groups is 4. The minimum absolute atomic E-state index is 0.0703. The molecule has 0 aromatic heterocycles. The van der Waals surface area contributed by atoms with Crippen LogP contribution in [0.15, 0.2) is 0 Å². The van der Waals surface area contributed by atoms with E-state index in [1.54, 1.807) is 0 Å². The van der Waals surface area contributed by atoms with Crippen LogP contribution in [0.4, 0.5) is 0 Å². The van der Waals surface area contributed by atoms with Gasteiger partial charge >= 0.3 is 31.2 Å². The van der Waals surface area contributed by atoms with Gasteiger partial charge in [-0.2, -0.15) is 0 Å². The summed E-state index contributed by atoms with van der Waals surface area (Å²) in [6.07, 6.45) is -0.472. The number of aliphatic hydroxyl groups excluding tert-OH is 3. The maximum absolute atomic E-state index is 10.6. The first kappa shape index (κ1) is 36.1. The van der Waals surface area contributed by atoms with E-state index >= 15 is 0 Å². The highest BCUT2D eigenvalue weighted by molar-refractivity contribution is 6.30. The molecule has 0 atom stereocenters. The van der Waals surface area contributed by atoms with Crippen molar-refractivity contribution < 1.29 is 70.0 Å². The number of nitrogens with one attached hydrogen (secondary N) is 3. The summed E-state index contributed by atoms with van der Waals surface area (Å²) < 4.78 is 0. The van der Waals surface area contributed by atoms with Gasteiger partial charge in [-0.3, -0.25) is 44.9 Å². The first-order valence-corrected chi connectivity index (χ1v) is 9.17. The average Bonchev–Trinajstić information content (AvgIpc) is 2.65. The zero-order valence-electron chi connectivity index (χ0n) is 18.0. The van der Waals surface area contributed by atoms with Crippen molar-refractivity contribution in [3.05, 3.63) is 0 Å². The maximum atomic E-state index is 10.6. The van der Waals surface area contributed by atoms with Gasteiger partial charge < -0.3 is 50.8 Å². The van der Waals surface area contributed by atoms with Crippen LogP contribution in [0.1, 0.15) is 0 Å². The fraction of sp³-hybridized carbons (Fsp3) is 0.714. The molecule has 0 aromatic rings. The molecule has 0 aliphatic carbocycles. The second kappa shape index (κ2) is 23.7. The lowest BCUT2D eigenvalue weighted by atomic mass is 10.3. The number of rotatable bonds is 17. The molecule has 0 amide bonds. The Bertz CT molecular complexity index is 488. The molecule has 0 aliphatic heterocycles. The van der Waals surface area contributed by atoms with Gasteiger partial charge in [-0.1, -0.05) is 0 Å². The van der Waals surface area contributed by atoms with Gasteiger partial charge in [-0.25, -0.2) is 0 Å². The summed E-state index contributed by atoms with van der Waals surface area (Å²) >= 11 is 0. The van der Waals surface area contributed by atoms with Crippen molar-refractivity contribution in [2.75, 3.05) is 59.5 Å². The van der Waals surface area contributed by atoms with Crippen LogP contribution in [-0.4, -0.2) is 158 Å². The third-order valence-corrected chi connectivity index (χ3v) is 3.05. The van der Waals surface area contributed by atoms with E-state index < -0.39 is 63.7 Å². The van der Waals surface area contributed by atoms with Crippen molar-refractivity contribution in [1.29, 1.82) is 0 Å². The summed E-state index contributed by atoms with van der Waals surface area (Å²) in [5.41, 5.74) is 0. The normalized spacial score (nSPS) is 10.3. The molecular formula is C14H32BN5O14. The second-order valence-corrected chi connectivity index (χ2v) is 5.86. The van der Waals surface area contributed by atoms with E-state index in [2.05, 4.69) is 16.0 Å². The van der Waals surface area contributed by atoms with Crippen molar-refractivity contribution in [2.45, 2.75) is 6.29 Å². The third-order valence-electron chi connectivity index (χ3n) is 3.05. The molecule has 13 N–H and O–H groups in total. The van der Waals surface area contributed by atoms with Gasteiger partial charge in [0.05, 0.1) is 46.4 Å². The molecule has 0 bridgehead atoms. The van der Waals surface area contributed by atoms with Crippen molar-refractivity contribution in [3.8, 4) is 0 Å². The molecule has 0 aromatic carbocycles. The van der Waals surface area contributed by atoms with Crippen molar-refractivity contribution in [3.63, 3.8) is 0 Å². The zero-order chi connectivity index (χ0) is 27.1. The molecule has 20 heteroatoms. The Morgan fingerprint density at radius 3 is 0.941 bits per heavy atom. The summed E-state index contributed by atoms with van der Waals surface area (Å²) in [7, 11) is -2.17. The summed E-state index contributed by atoms with van der Waals surface area (Å²) in [5.74, 6) is -4.91. The van der Waals surface area contributed by atoms with Gasteiger partial charge in [0.1, 0.15) is 6.29 Å². The molecule has 0 fully saturated rings. The smallest absolute Gasteiger partial charge is 0.480 e. The van der Waals surface area contributed by atoms with E-state index in [9.17, 15) is 19.2 Å². The Hall–Kier alpha value is -2.50. The highest BCUT2D eigenvalue weighted by Gasteiger charge is 2.18. The van der Waals surface area contributed by atoms with Gasteiger partial charge in [0, 0.05) is 13.1 Å². The monoisotopic (exact) mass is 505 g/mol. The lowest BCUT2D eigenvalue weighted by molar-refractivity contribution is -0.145. The van der Waals surface area contributed by atoms with E-state index in [-0.39, 0.29) is 33.3 Å². The summed E-state index contributed by atoms with van der Waals surface area (Å²) in [4.78, 5) is 44.4. The van der Waals surface area contributed by atoms with Crippen molar-refractivity contribution in [1.82, 2.24) is 25.8 Å². The Morgan fingerprint density at radius 2 is 0.794 bits per heavy atom. The largest absolute Gasteiger partial charge is 0.631 e. The molecule has 0 saturated heterocycles. The maximum Gasteiger partial charge on any atom is 0.631 e. The molecule has 34 heavy (non-hydrogen) atoms. The van der Waals surface area contributed by atoms with Crippen molar-refractivity contribution >= 4 is 31.2 Å². The number of aliphatic carboxylic acids is 4. The Kier molecular flexibility index (Phi) is 25.1. The van der Waals surface area contributed by atoms with Crippen LogP contribution in [0, 0.1) is 0 Å². The quantitative estimate of drug-likeness (QED) is 0.0644. The van der Waals surface area contributed by atoms with Gasteiger partial charge in [0.15, 0.2) is 0 Å². The van der Waals surface area contributed by atoms with Gasteiger partial charge in [-0.05, 0) is 0 Å². The Balaban J connectivity index is -0.000000568. The van der Waals surface area contributed by atoms with Gasteiger partial charge in [0.25, 0.3) is 0 Å². The Morgan fingerprint density at radius 1 is 0.588 bits per heavy atom. The highest BCUT2D eigenvalue weighted by Crippen LogP contribution is 1.94. The molecule has 0 heterocycles. The minimum atomic E-state index is -2.17. The average molecular weight is 505 g/mol. The molecule has 0 saturated carbocycles. The molecule has 19 nitrogen and oxygen atoms in total. The van der Waals surface area contributed by atoms with Gasteiger partial charge in [0.2, 0.25) is 0 Å². The summed E-state index contributed by atoms with van der Waals surface area (Å²) in [6.45, 7) is -2.94. The van der Waals surface area contributed by atoms with E-state index in [1.165, 1.54) is 0 Å². The van der Waals surface area contributed by atoms with Crippen LogP contribution in [0.25, 0.3) is 0 Å². The van der Waals surface area contributed by atoms with E-state index in [1.807, 2.05) is 0 Å². The molecule has 0 unspecified atom stereocenters. The SMILES string of the molecule is O=C(O)CN(CCN(CC(=O)O)CC(=O)O)CC(=O)O.OB(O)O.OCNC(NCO)NCO. The standard InChI is InChI=1S/C10H16N2O8.C4H13N3O3.BH3O3/c13-7(14)3-11(4-8(15)16)1-2-12(5-9(17)18)6-10(19)20;8-1-5-4(6-2-9)7-3-10;2-1(3)4/h1-6H2,(H,13,14)(H,15,16)(H,17,18)(H,19,20);4-10H,1-3H2;2-4H.